The highest BCUT2D eigenvalue weighted by atomic mass is 79.9. The van der Waals surface area contributed by atoms with Crippen LogP contribution in [-0.4, -0.2) is 31.5 Å². The summed E-state index contributed by atoms with van der Waals surface area (Å²) in [5, 5.41) is 0.681. The smallest absolute Gasteiger partial charge is 0.222 e. The number of Topliss-reactive ketones (excluding diaryl/α,β-unsaturated/α-hetero) is 1. The average molecular weight is 446 g/mol. The van der Waals surface area contributed by atoms with E-state index in [4.69, 9.17) is 16.0 Å². The van der Waals surface area contributed by atoms with Crippen LogP contribution in [0, 0.1) is 0 Å². The Bertz CT molecular complexity index is 928. The van der Waals surface area contributed by atoms with Gasteiger partial charge in [-0.1, -0.05) is 33.6 Å². The van der Waals surface area contributed by atoms with E-state index in [1.807, 2.05) is 36.4 Å². The molecule has 0 spiro atoms. The number of rotatable bonds is 4. The number of furan rings is 1. The molecule has 4 nitrogen and oxygen atoms in total. The summed E-state index contributed by atoms with van der Waals surface area (Å²) >= 11 is 9.56. The molecule has 0 N–H and O–H groups in total. The predicted molar refractivity (Wildman–Crippen MR) is 112 cm³/mol. The first-order valence-electron chi connectivity index (χ1n) is 8.72. The third kappa shape index (κ3) is 3.89. The summed E-state index contributed by atoms with van der Waals surface area (Å²) in [6.45, 7) is 2.13. The summed E-state index contributed by atoms with van der Waals surface area (Å²) in [6.07, 6.45) is 1.54. The Labute approximate surface area is 171 Å². The lowest BCUT2D eigenvalue weighted by atomic mass is 10.0. The Balaban J connectivity index is 1.66. The summed E-state index contributed by atoms with van der Waals surface area (Å²) in [4.78, 5) is 17.5. The number of carbonyl (C=O) groups excluding carboxylic acids is 1. The maximum absolute atomic E-state index is 13.2. The summed E-state index contributed by atoms with van der Waals surface area (Å²) < 4.78 is 6.41. The lowest BCUT2D eigenvalue weighted by Crippen LogP contribution is -2.56. The molecule has 0 bridgehead atoms. The highest BCUT2D eigenvalue weighted by Crippen LogP contribution is 2.28. The molecule has 2 heterocycles. The van der Waals surface area contributed by atoms with Crippen molar-refractivity contribution in [2.45, 2.75) is 6.04 Å². The van der Waals surface area contributed by atoms with Crippen LogP contribution in [0.15, 0.2) is 75.8 Å². The van der Waals surface area contributed by atoms with Crippen LogP contribution in [0.4, 0.5) is 11.4 Å². The molecule has 1 aliphatic rings. The van der Waals surface area contributed by atoms with Crippen LogP contribution in [-0.2, 0) is 0 Å². The maximum atomic E-state index is 13.2. The second-order valence-electron chi connectivity index (χ2n) is 6.45. The fraction of sp³-hybridized carbons (Fsp3) is 0.190. The Morgan fingerprint density at radius 1 is 1.04 bits per heavy atom. The maximum Gasteiger partial charge on any atom is 0.222 e. The van der Waals surface area contributed by atoms with Crippen molar-refractivity contribution < 1.29 is 9.21 Å². The highest BCUT2D eigenvalue weighted by Gasteiger charge is 2.34. The van der Waals surface area contributed by atoms with Gasteiger partial charge in [-0.15, -0.1) is 0 Å². The largest absolute Gasteiger partial charge is 0.461 e. The Morgan fingerprint density at radius 3 is 2.56 bits per heavy atom. The van der Waals surface area contributed by atoms with Crippen molar-refractivity contribution in [3.63, 3.8) is 0 Å². The van der Waals surface area contributed by atoms with Gasteiger partial charge in [0.15, 0.2) is 5.76 Å². The van der Waals surface area contributed by atoms with Gasteiger partial charge in [-0.2, -0.15) is 0 Å². The van der Waals surface area contributed by atoms with Crippen molar-refractivity contribution in [1.29, 1.82) is 0 Å². The molecule has 1 atom stereocenters. The minimum Gasteiger partial charge on any atom is -0.461 e. The number of piperazine rings is 1. The number of hydrogen-bond acceptors (Lipinski definition) is 4. The van der Waals surface area contributed by atoms with Crippen LogP contribution in [0.3, 0.4) is 0 Å². The Hall–Kier alpha value is -2.24. The molecule has 0 saturated carbocycles. The van der Waals surface area contributed by atoms with Crippen LogP contribution < -0.4 is 9.80 Å². The first-order valence-corrected chi connectivity index (χ1v) is 9.89. The fourth-order valence-electron chi connectivity index (χ4n) is 3.44. The van der Waals surface area contributed by atoms with E-state index < -0.39 is 0 Å². The number of anilines is 2. The molecule has 4 rings (SSSR count). The van der Waals surface area contributed by atoms with Crippen LogP contribution in [0.1, 0.15) is 10.6 Å². The van der Waals surface area contributed by atoms with E-state index in [9.17, 15) is 4.79 Å². The first kappa shape index (κ1) is 18.1. The third-order valence-electron chi connectivity index (χ3n) is 4.78. The van der Waals surface area contributed by atoms with Gasteiger partial charge in [-0.05, 0) is 54.6 Å². The van der Waals surface area contributed by atoms with Gasteiger partial charge in [0.2, 0.25) is 5.78 Å². The number of ketones is 1. The Kier molecular flexibility index (Phi) is 5.23. The number of nitrogens with zero attached hydrogens (tertiary/aromatic N) is 2. The number of halogens is 2. The lowest BCUT2D eigenvalue weighted by molar-refractivity contribution is 0.0927. The van der Waals surface area contributed by atoms with Crippen LogP contribution in [0.2, 0.25) is 5.02 Å². The average Bonchev–Trinajstić information content (AvgIpc) is 3.22. The van der Waals surface area contributed by atoms with Crippen molar-refractivity contribution in [1.82, 2.24) is 0 Å². The topological polar surface area (TPSA) is 36.7 Å². The molecule has 1 unspecified atom stereocenters. The van der Waals surface area contributed by atoms with E-state index in [1.54, 1.807) is 12.1 Å². The number of hydrogen-bond donors (Lipinski definition) is 0. The molecular formula is C21H18BrClN2O2. The standard InChI is InChI=1S/C21H18BrClN2O2/c22-15-3-1-4-18(13-15)24-10-11-25(17-8-6-16(23)7-9-17)19(14-24)21(26)20-5-2-12-27-20/h1-9,12-13,19H,10-11,14H2. The predicted octanol–water partition coefficient (Wildman–Crippen LogP) is 5.27. The van der Waals surface area contributed by atoms with E-state index in [0.29, 0.717) is 17.3 Å². The van der Waals surface area contributed by atoms with Gasteiger partial charge in [0.25, 0.3) is 0 Å². The zero-order valence-corrected chi connectivity index (χ0v) is 16.9. The van der Waals surface area contributed by atoms with Crippen molar-refractivity contribution in [2.75, 3.05) is 29.4 Å². The molecule has 6 heteroatoms. The van der Waals surface area contributed by atoms with Crippen molar-refractivity contribution in [3.8, 4) is 0 Å². The van der Waals surface area contributed by atoms with Crippen molar-refractivity contribution >= 4 is 44.7 Å². The third-order valence-corrected chi connectivity index (χ3v) is 5.52. The zero-order valence-electron chi connectivity index (χ0n) is 14.5. The molecule has 27 heavy (non-hydrogen) atoms. The second-order valence-corrected chi connectivity index (χ2v) is 7.81. The zero-order chi connectivity index (χ0) is 18.8. The summed E-state index contributed by atoms with van der Waals surface area (Å²) in [7, 11) is 0. The van der Waals surface area contributed by atoms with Gasteiger partial charge in [0, 0.05) is 40.5 Å². The first-order chi connectivity index (χ1) is 13.1. The minimum absolute atomic E-state index is 0.0188. The summed E-state index contributed by atoms with van der Waals surface area (Å²) in [6, 6.07) is 18.9. The van der Waals surface area contributed by atoms with Crippen molar-refractivity contribution in [2.24, 2.45) is 0 Å². The molecule has 0 aliphatic carbocycles. The van der Waals surface area contributed by atoms with Gasteiger partial charge in [-0.25, -0.2) is 0 Å². The molecule has 0 radical (unpaired) electrons. The SMILES string of the molecule is O=C(c1ccco1)C1CN(c2cccc(Br)c2)CCN1c1ccc(Cl)cc1. The quantitative estimate of drug-likeness (QED) is 0.512. The van der Waals surface area contributed by atoms with E-state index in [0.717, 1.165) is 28.9 Å². The molecule has 1 fully saturated rings. The molecule has 1 saturated heterocycles. The number of benzene rings is 2. The van der Waals surface area contributed by atoms with Gasteiger partial charge >= 0.3 is 0 Å². The molecular weight excluding hydrogens is 428 g/mol. The van der Waals surface area contributed by atoms with Crippen LogP contribution in [0.5, 0.6) is 0 Å². The molecule has 1 aromatic heterocycles. The molecule has 0 amide bonds. The normalized spacial score (nSPS) is 17.2. The second kappa shape index (κ2) is 7.79. The fourth-order valence-corrected chi connectivity index (χ4v) is 3.95. The van der Waals surface area contributed by atoms with Crippen LogP contribution in [0.25, 0.3) is 0 Å². The van der Waals surface area contributed by atoms with Gasteiger partial charge < -0.3 is 14.2 Å². The van der Waals surface area contributed by atoms with Gasteiger partial charge in [0.1, 0.15) is 6.04 Å². The van der Waals surface area contributed by atoms with Crippen LogP contribution >= 0.6 is 27.5 Å². The summed E-state index contributed by atoms with van der Waals surface area (Å²) in [5.41, 5.74) is 2.08. The van der Waals surface area contributed by atoms with E-state index >= 15 is 0 Å². The number of carbonyl (C=O) groups is 1. The molecule has 138 valence electrons. The monoisotopic (exact) mass is 444 g/mol. The Morgan fingerprint density at radius 2 is 1.85 bits per heavy atom. The van der Waals surface area contributed by atoms with E-state index in [1.165, 1.54) is 6.26 Å². The van der Waals surface area contributed by atoms with Gasteiger partial charge in [-0.3, -0.25) is 4.79 Å². The highest BCUT2D eigenvalue weighted by molar-refractivity contribution is 9.10. The van der Waals surface area contributed by atoms with E-state index in [-0.39, 0.29) is 11.8 Å². The molecule has 3 aromatic rings. The minimum atomic E-state index is -0.343. The van der Waals surface area contributed by atoms with Gasteiger partial charge in [0.05, 0.1) is 6.26 Å². The summed E-state index contributed by atoms with van der Waals surface area (Å²) in [5.74, 6) is 0.365. The molecule has 2 aromatic carbocycles. The van der Waals surface area contributed by atoms with E-state index in [2.05, 4.69) is 37.9 Å². The van der Waals surface area contributed by atoms with Crippen molar-refractivity contribution in [3.05, 3.63) is 82.2 Å². The molecule has 1 aliphatic heterocycles. The lowest BCUT2D eigenvalue weighted by Gasteiger charge is -2.42.